The molecule has 0 bridgehead atoms. The first-order chi connectivity index (χ1) is 9.11. The molecule has 1 aromatic carbocycles. The minimum Gasteiger partial charge on any atom is -0.319 e. The van der Waals surface area contributed by atoms with E-state index in [-0.39, 0.29) is 0 Å². The molecule has 5 heteroatoms. The van der Waals surface area contributed by atoms with Gasteiger partial charge < -0.3 is 9.88 Å². The van der Waals surface area contributed by atoms with Crippen LogP contribution in [0.2, 0.25) is 0 Å². The second kappa shape index (κ2) is 4.65. The summed E-state index contributed by atoms with van der Waals surface area (Å²) in [6.07, 6.45) is 3.19. The Kier molecular flexibility index (Phi) is 3.11. The van der Waals surface area contributed by atoms with Crippen LogP contribution in [0.3, 0.4) is 0 Å². The molecule has 0 saturated heterocycles. The van der Waals surface area contributed by atoms with Gasteiger partial charge in [-0.05, 0) is 31.7 Å². The molecule has 19 heavy (non-hydrogen) atoms. The third-order valence-corrected chi connectivity index (χ3v) is 4.03. The molecule has 0 aliphatic heterocycles. The van der Waals surface area contributed by atoms with Gasteiger partial charge in [0.2, 0.25) is 5.78 Å². The van der Waals surface area contributed by atoms with Gasteiger partial charge in [-0.3, -0.25) is 4.40 Å². The number of aryl methyl sites for hydroxylation is 2. The van der Waals surface area contributed by atoms with Gasteiger partial charge in [0, 0.05) is 36.4 Å². The molecular formula is C14H17BrN4. The van der Waals surface area contributed by atoms with E-state index in [0.29, 0.717) is 0 Å². The van der Waals surface area contributed by atoms with Crippen molar-refractivity contribution in [2.45, 2.75) is 13.3 Å². The molecule has 100 valence electrons. The Hall–Kier alpha value is -1.33. The van der Waals surface area contributed by atoms with Crippen molar-refractivity contribution in [2.24, 2.45) is 7.05 Å². The van der Waals surface area contributed by atoms with E-state index < -0.39 is 0 Å². The van der Waals surface area contributed by atoms with Gasteiger partial charge in [0.25, 0.3) is 0 Å². The quantitative estimate of drug-likeness (QED) is 0.805. The van der Waals surface area contributed by atoms with E-state index in [1.54, 1.807) is 0 Å². The second-order valence-corrected chi connectivity index (χ2v) is 5.82. The maximum Gasteiger partial charge on any atom is 0.214 e. The van der Waals surface area contributed by atoms with Crippen molar-refractivity contribution in [3.63, 3.8) is 0 Å². The lowest BCUT2D eigenvalue weighted by molar-refractivity contribution is 0.744. The lowest BCUT2D eigenvalue weighted by Gasteiger charge is -2.01. The average molecular weight is 321 g/mol. The van der Waals surface area contributed by atoms with E-state index >= 15 is 0 Å². The first kappa shape index (κ1) is 12.7. The third-order valence-electron chi connectivity index (χ3n) is 3.57. The SMILES string of the molecule is CNCCc1cn2c3cc(Br)cc(C)c3nc2n1C. The highest BCUT2D eigenvalue weighted by Gasteiger charge is 2.13. The van der Waals surface area contributed by atoms with Crippen LogP contribution in [0.15, 0.2) is 22.8 Å². The zero-order valence-electron chi connectivity index (χ0n) is 11.4. The molecule has 0 unspecified atom stereocenters. The van der Waals surface area contributed by atoms with Gasteiger partial charge in [-0.1, -0.05) is 15.9 Å². The summed E-state index contributed by atoms with van der Waals surface area (Å²) in [5.41, 5.74) is 4.73. The van der Waals surface area contributed by atoms with Crippen LogP contribution in [0.1, 0.15) is 11.3 Å². The van der Waals surface area contributed by atoms with Crippen LogP contribution in [0.25, 0.3) is 16.8 Å². The number of halogens is 1. The van der Waals surface area contributed by atoms with Crippen LogP contribution in [-0.2, 0) is 13.5 Å². The number of aromatic nitrogens is 3. The van der Waals surface area contributed by atoms with Gasteiger partial charge >= 0.3 is 0 Å². The summed E-state index contributed by atoms with van der Waals surface area (Å²) in [5, 5.41) is 3.18. The number of nitrogens with one attached hydrogen (secondary N) is 1. The Morgan fingerprint density at radius 2 is 2.16 bits per heavy atom. The van der Waals surface area contributed by atoms with Gasteiger partial charge in [0.05, 0.1) is 11.0 Å². The molecule has 2 aromatic heterocycles. The number of likely N-dealkylation sites (N-methyl/N-ethyl adjacent to an activating group) is 1. The minimum absolute atomic E-state index is 0.974. The van der Waals surface area contributed by atoms with Crippen molar-refractivity contribution in [2.75, 3.05) is 13.6 Å². The Balaban J connectivity index is 2.25. The van der Waals surface area contributed by atoms with Crippen LogP contribution in [0.4, 0.5) is 0 Å². The van der Waals surface area contributed by atoms with Gasteiger partial charge in [-0.2, -0.15) is 0 Å². The van der Waals surface area contributed by atoms with Crippen LogP contribution in [0.5, 0.6) is 0 Å². The van der Waals surface area contributed by atoms with Crippen LogP contribution >= 0.6 is 15.9 Å². The molecule has 3 aromatic rings. The van der Waals surface area contributed by atoms with E-state index in [2.05, 4.69) is 62.5 Å². The molecule has 3 rings (SSSR count). The Morgan fingerprint density at radius 1 is 1.37 bits per heavy atom. The van der Waals surface area contributed by atoms with Crippen molar-refractivity contribution >= 4 is 32.7 Å². The first-order valence-corrected chi connectivity index (χ1v) is 7.18. The molecule has 0 amide bonds. The summed E-state index contributed by atoms with van der Waals surface area (Å²) >= 11 is 3.56. The molecule has 2 heterocycles. The van der Waals surface area contributed by atoms with Crippen molar-refractivity contribution < 1.29 is 0 Å². The molecule has 0 radical (unpaired) electrons. The Morgan fingerprint density at radius 3 is 2.89 bits per heavy atom. The number of nitrogens with zero attached hydrogens (tertiary/aromatic N) is 3. The second-order valence-electron chi connectivity index (χ2n) is 4.91. The Labute approximate surface area is 120 Å². The fourth-order valence-corrected chi connectivity index (χ4v) is 3.08. The summed E-state index contributed by atoms with van der Waals surface area (Å²) in [6.45, 7) is 3.07. The third kappa shape index (κ3) is 1.97. The van der Waals surface area contributed by atoms with E-state index in [4.69, 9.17) is 4.98 Å². The molecule has 0 aliphatic carbocycles. The number of benzene rings is 1. The lowest BCUT2D eigenvalue weighted by Crippen LogP contribution is -2.12. The van der Waals surface area contributed by atoms with Crippen LogP contribution in [0, 0.1) is 6.92 Å². The highest BCUT2D eigenvalue weighted by molar-refractivity contribution is 9.10. The maximum absolute atomic E-state index is 4.77. The van der Waals surface area contributed by atoms with Crippen molar-refractivity contribution in [3.05, 3.63) is 34.1 Å². The topological polar surface area (TPSA) is 34.3 Å². The van der Waals surface area contributed by atoms with E-state index in [1.165, 1.54) is 11.3 Å². The molecule has 0 spiro atoms. The van der Waals surface area contributed by atoms with Gasteiger partial charge in [-0.25, -0.2) is 4.98 Å². The summed E-state index contributed by atoms with van der Waals surface area (Å²) < 4.78 is 5.45. The number of imidazole rings is 2. The molecule has 0 saturated carbocycles. The minimum atomic E-state index is 0.974. The molecule has 4 nitrogen and oxygen atoms in total. The van der Waals surface area contributed by atoms with Gasteiger partial charge in [0.15, 0.2) is 0 Å². The number of fused-ring (bicyclic) bond motifs is 3. The Bertz CT molecular complexity index is 754. The normalized spacial score (nSPS) is 11.8. The smallest absolute Gasteiger partial charge is 0.214 e. The van der Waals surface area contributed by atoms with E-state index in [1.807, 2.05) is 7.05 Å². The number of hydrogen-bond acceptors (Lipinski definition) is 2. The molecular weight excluding hydrogens is 304 g/mol. The predicted molar refractivity (Wildman–Crippen MR) is 81.7 cm³/mol. The predicted octanol–water partition coefficient (Wildman–Crippen LogP) is 2.66. The van der Waals surface area contributed by atoms with Crippen LogP contribution < -0.4 is 5.32 Å². The summed E-state index contributed by atoms with van der Waals surface area (Å²) in [7, 11) is 4.06. The van der Waals surface area contributed by atoms with E-state index in [0.717, 1.165) is 34.2 Å². The summed E-state index contributed by atoms with van der Waals surface area (Å²) in [5.74, 6) is 1.00. The first-order valence-electron chi connectivity index (χ1n) is 6.39. The highest BCUT2D eigenvalue weighted by Crippen LogP contribution is 2.25. The molecule has 0 aliphatic rings. The van der Waals surface area contributed by atoms with Crippen molar-refractivity contribution in [3.8, 4) is 0 Å². The zero-order chi connectivity index (χ0) is 13.6. The van der Waals surface area contributed by atoms with Crippen molar-refractivity contribution in [1.82, 2.24) is 19.3 Å². The molecule has 1 N–H and O–H groups in total. The fraction of sp³-hybridized carbons (Fsp3) is 0.357. The summed E-state index contributed by atoms with van der Waals surface area (Å²) in [4.78, 5) is 4.77. The van der Waals surface area contributed by atoms with E-state index in [9.17, 15) is 0 Å². The van der Waals surface area contributed by atoms with Gasteiger partial charge in [-0.15, -0.1) is 0 Å². The largest absolute Gasteiger partial charge is 0.319 e. The van der Waals surface area contributed by atoms with Crippen LogP contribution in [-0.4, -0.2) is 27.5 Å². The van der Waals surface area contributed by atoms with Crippen molar-refractivity contribution in [1.29, 1.82) is 0 Å². The monoisotopic (exact) mass is 320 g/mol. The molecule has 0 fully saturated rings. The number of hydrogen-bond donors (Lipinski definition) is 1. The molecule has 0 atom stereocenters. The summed E-state index contributed by atoms with van der Waals surface area (Å²) in [6, 6.07) is 4.24. The van der Waals surface area contributed by atoms with Gasteiger partial charge in [0.1, 0.15) is 0 Å². The zero-order valence-corrected chi connectivity index (χ0v) is 13.0. The standard InChI is InChI=1S/C14H17BrN4/c1-9-6-10(15)7-12-13(9)17-14-18(3)11(4-5-16-2)8-19(12)14/h6-8,16H,4-5H2,1-3H3. The highest BCUT2D eigenvalue weighted by atomic mass is 79.9. The lowest BCUT2D eigenvalue weighted by atomic mass is 10.2. The average Bonchev–Trinajstić information content (AvgIpc) is 2.86. The fourth-order valence-electron chi connectivity index (χ4n) is 2.52. The maximum atomic E-state index is 4.77. The number of rotatable bonds is 3.